The third-order valence-corrected chi connectivity index (χ3v) is 5.04. The quantitative estimate of drug-likeness (QED) is 0.505. The van der Waals surface area contributed by atoms with E-state index in [9.17, 15) is 9.59 Å². The van der Waals surface area contributed by atoms with Gasteiger partial charge in [-0.25, -0.2) is 4.79 Å². The number of rotatable bonds is 4. The summed E-state index contributed by atoms with van der Waals surface area (Å²) in [5.74, 6) is 1.05. The molecule has 0 saturated carbocycles. The second kappa shape index (κ2) is 6.42. The number of alkyl halides is 1. The largest absolute Gasteiger partial charge is 0.332 e. The molecule has 0 saturated heterocycles. The molecule has 4 rings (SSSR count). The first-order valence-corrected chi connectivity index (χ1v) is 9.25. The summed E-state index contributed by atoms with van der Waals surface area (Å²) >= 11 is 5.90. The number of benzene rings is 1. The van der Waals surface area contributed by atoms with Crippen molar-refractivity contribution in [3.05, 3.63) is 68.1 Å². The maximum atomic E-state index is 13.2. The van der Waals surface area contributed by atoms with Crippen LogP contribution in [0.5, 0.6) is 0 Å². The first-order valence-electron chi connectivity index (χ1n) is 8.71. The Hall–Kier alpha value is -2.80. The fourth-order valence-electron chi connectivity index (χ4n) is 3.55. The van der Waals surface area contributed by atoms with E-state index in [1.54, 1.807) is 11.4 Å². The predicted octanol–water partition coefficient (Wildman–Crippen LogP) is 2.05. The number of imidazole rings is 2. The maximum absolute atomic E-state index is 13.2. The van der Waals surface area contributed by atoms with Crippen molar-refractivity contribution in [2.75, 3.05) is 5.88 Å². The van der Waals surface area contributed by atoms with E-state index < -0.39 is 0 Å². The van der Waals surface area contributed by atoms with Gasteiger partial charge in [0.1, 0.15) is 0 Å². The van der Waals surface area contributed by atoms with Crippen molar-refractivity contribution in [2.45, 2.75) is 26.9 Å². The van der Waals surface area contributed by atoms with Crippen LogP contribution in [-0.2, 0) is 20.1 Å². The van der Waals surface area contributed by atoms with E-state index in [4.69, 9.17) is 11.6 Å². The van der Waals surface area contributed by atoms with Gasteiger partial charge in [0, 0.05) is 31.4 Å². The van der Waals surface area contributed by atoms with Gasteiger partial charge in [-0.15, -0.1) is 11.6 Å². The zero-order valence-electron chi connectivity index (χ0n) is 15.4. The van der Waals surface area contributed by atoms with Crippen molar-refractivity contribution in [1.29, 1.82) is 0 Å². The standard InChI is InChI=1S/C19H20ClN5O2/c1-12-5-4-6-14(9-12)11-25-17(26)15-16(22(3)19(25)27)21-18-23(8-7-20)13(2)10-24(15)18/h4-6,9-10H,7-8,11H2,1-3H3. The predicted molar refractivity (Wildman–Crippen MR) is 106 cm³/mol. The van der Waals surface area contributed by atoms with E-state index in [1.807, 2.05) is 48.9 Å². The van der Waals surface area contributed by atoms with Crippen LogP contribution in [0.25, 0.3) is 16.9 Å². The molecule has 8 heteroatoms. The van der Waals surface area contributed by atoms with Gasteiger partial charge in [0.25, 0.3) is 5.56 Å². The normalized spacial score (nSPS) is 11.7. The van der Waals surface area contributed by atoms with Gasteiger partial charge in [-0.05, 0) is 19.4 Å². The van der Waals surface area contributed by atoms with E-state index in [1.165, 1.54) is 9.13 Å². The van der Waals surface area contributed by atoms with Crippen molar-refractivity contribution in [2.24, 2.45) is 7.05 Å². The summed E-state index contributed by atoms with van der Waals surface area (Å²) < 4.78 is 6.40. The van der Waals surface area contributed by atoms with Crippen molar-refractivity contribution in [3.8, 4) is 0 Å². The Kier molecular flexibility index (Phi) is 4.19. The lowest BCUT2D eigenvalue weighted by Crippen LogP contribution is -2.39. The summed E-state index contributed by atoms with van der Waals surface area (Å²) in [7, 11) is 1.64. The first-order chi connectivity index (χ1) is 12.9. The molecule has 0 bridgehead atoms. The van der Waals surface area contributed by atoms with Crippen molar-refractivity contribution in [3.63, 3.8) is 0 Å². The Morgan fingerprint density at radius 1 is 1.15 bits per heavy atom. The maximum Gasteiger partial charge on any atom is 0.332 e. The van der Waals surface area contributed by atoms with Crippen molar-refractivity contribution < 1.29 is 0 Å². The molecule has 0 aliphatic rings. The Labute approximate surface area is 160 Å². The van der Waals surface area contributed by atoms with Crippen molar-refractivity contribution in [1.82, 2.24) is 23.1 Å². The molecule has 140 valence electrons. The van der Waals surface area contributed by atoms with Crippen molar-refractivity contribution >= 4 is 28.5 Å². The lowest BCUT2D eigenvalue weighted by Gasteiger charge is -2.08. The Morgan fingerprint density at radius 2 is 1.93 bits per heavy atom. The Morgan fingerprint density at radius 3 is 2.63 bits per heavy atom. The zero-order valence-corrected chi connectivity index (χ0v) is 16.2. The average Bonchev–Trinajstić information content (AvgIpc) is 3.14. The van der Waals surface area contributed by atoms with Gasteiger partial charge in [-0.3, -0.25) is 18.3 Å². The summed E-state index contributed by atoms with van der Waals surface area (Å²) in [5.41, 5.74) is 3.00. The van der Waals surface area contributed by atoms with Crippen LogP contribution in [-0.4, -0.2) is 29.0 Å². The Bertz CT molecular complexity index is 1290. The molecule has 1 aromatic carbocycles. The minimum absolute atomic E-state index is 0.220. The number of fused-ring (bicyclic) bond motifs is 3. The van der Waals surface area contributed by atoms with E-state index in [2.05, 4.69) is 4.98 Å². The molecule has 0 spiro atoms. The van der Waals surface area contributed by atoms with Gasteiger partial charge in [0.15, 0.2) is 11.2 Å². The average molecular weight is 386 g/mol. The highest BCUT2D eigenvalue weighted by Crippen LogP contribution is 2.16. The summed E-state index contributed by atoms with van der Waals surface area (Å²) in [6.45, 7) is 4.73. The molecule has 3 heterocycles. The molecular weight excluding hydrogens is 366 g/mol. The minimum atomic E-state index is -0.379. The van der Waals surface area contributed by atoms with Gasteiger partial charge in [-0.2, -0.15) is 4.98 Å². The second-order valence-electron chi connectivity index (χ2n) is 6.79. The van der Waals surface area contributed by atoms with Gasteiger partial charge in [0.05, 0.1) is 6.54 Å². The van der Waals surface area contributed by atoms with Crippen LogP contribution >= 0.6 is 11.6 Å². The highest BCUT2D eigenvalue weighted by atomic mass is 35.5. The summed E-state index contributed by atoms with van der Waals surface area (Å²) in [6.07, 6.45) is 1.86. The van der Waals surface area contributed by atoms with Crippen LogP contribution in [0.1, 0.15) is 16.8 Å². The highest BCUT2D eigenvalue weighted by molar-refractivity contribution is 6.17. The van der Waals surface area contributed by atoms with E-state index in [0.717, 1.165) is 16.8 Å². The minimum Gasteiger partial charge on any atom is -0.313 e. The first kappa shape index (κ1) is 17.6. The molecule has 7 nitrogen and oxygen atoms in total. The summed E-state index contributed by atoms with van der Waals surface area (Å²) in [4.78, 5) is 30.6. The molecule has 4 aromatic rings. The van der Waals surface area contributed by atoms with E-state index >= 15 is 0 Å². The topological polar surface area (TPSA) is 66.2 Å². The number of nitrogens with zero attached hydrogens (tertiary/aromatic N) is 5. The molecule has 0 radical (unpaired) electrons. The third kappa shape index (κ3) is 2.70. The van der Waals surface area contributed by atoms with Crippen LogP contribution in [0, 0.1) is 13.8 Å². The summed E-state index contributed by atoms with van der Waals surface area (Å²) in [5, 5.41) is 0. The number of aromatic nitrogens is 5. The number of halogens is 1. The molecule has 0 unspecified atom stereocenters. The molecule has 0 atom stereocenters. The molecule has 0 fully saturated rings. The van der Waals surface area contributed by atoms with Crippen LogP contribution in [0.15, 0.2) is 40.1 Å². The van der Waals surface area contributed by atoms with Crippen LogP contribution in [0.3, 0.4) is 0 Å². The lowest BCUT2D eigenvalue weighted by atomic mass is 10.1. The second-order valence-corrected chi connectivity index (χ2v) is 7.17. The molecule has 3 aromatic heterocycles. The van der Waals surface area contributed by atoms with Gasteiger partial charge in [-0.1, -0.05) is 29.8 Å². The Balaban J connectivity index is 2.01. The smallest absolute Gasteiger partial charge is 0.313 e. The van der Waals surface area contributed by atoms with Gasteiger partial charge in [0.2, 0.25) is 5.78 Å². The van der Waals surface area contributed by atoms with E-state index in [0.29, 0.717) is 29.4 Å². The fourth-order valence-corrected chi connectivity index (χ4v) is 3.72. The number of hydrogen-bond donors (Lipinski definition) is 0. The van der Waals surface area contributed by atoms with E-state index in [-0.39, 0.29) is 17.8 Å². The molecule has 0 aliphatic heterocycles. The number of aryl methyl sites for hydroxylation is 4. The van der Waals surface area contributed by atoms with Gasteiger partial charge < -0.3 is 4.57 Å². The zero-order chi connectivity index (χ0) is 19.3. The van der Waals surface area contributed by atoms with Crippen LogP contribution in [0.4, 0.5) is 0 Å². The SMILES string of the molecule is Cc1cccc(Cn2c(=O)c3c(nc4n(CCCl)c(C)cn34)n(C)c2=O)c1. The molecule has 27 heavy (non-hydrogen) atoms. The fraction of sp³-hybridized carbons (Fsp3) is 0.316. The molecular formula is C19H20ClN5O2. The molecule has 0 amide bonds. The molecule has 0 N–H and O–H groups in total. The highest BCUT2D eigenvalue weighted by Gasteiger charge is 2.20. The number of hydrogen-bond acceptors (Lipinski definition) is 3. The third-order valence-electron chi connectivity index (χ3n) is 4.87. The summed E-state index contributed by atoms with van der Waals surface area (Å²) in [6, 6.07) is 7.79. The molecule has 0 aliphatic carbocycles. The van der Waals surface area contributed by atoms with Crippen LogP contribution in [0.2, 0.25) is 0 Å². The van der Waals surface area contributed by atoms with Crippen LogP contribution < -0.4 is 11.2 Å². The lowest BCUT2D eigenvalue weighted by molar-refractivity contribution is 0.656. The van der Waals surface area contributed by atoms with Gasteiger partial charge >= 0.3 is 5.69 Å². The monoisotopic (exact) mass is 385 g/mol.